The van der Waals surface area contributed by atoms with Crippen molar-refractivity contribution in [3.63, 3.8) is 0 Å². The highest BCUT2D eigenvalue weighted by Crippen LogP contribution is 2.15. The smallest absolute Gasteiger partial charge is 0.126 e. The topological polar surface area (TPSA) is 35.2 Å². The van der Waals surface area contributed by atoms with E-state index in [1.807, 2.05) is 24.3 Å². The summed E-state index contributed by atoms with van der Waals surface area (Å²) >= 11 is 0. The molecule has 0 atom stereocenters. The predicted molar refractivity (Wildman–Crippen MR) is 61.6 cm³/mol. The summed E-state index contributed by atoms with van der Waals surface area (Å²) in [5.41, 5.74) is 7.29. The Morgan fingerprint density at radius 2 is 1.88 bits per heavy atom. The van der Waals surface area contributed by atoms with Gasteiger partial charge in [0.15, 0.2) is 0 Å². The number of benzene rings is 2. The minimum atomic E-state index is -0.301. The van der Waals surface area contributed by atoms with E-state index in [1.54, 1.807) is 12.1 Å². The maximum absolute atomic E-state index is 12.9. The predicted octanol–water partition coefficient (Wildman–Crippen LogP) is 2.99. The molecule has 0 aliphatic rings. The molecule has 0 fully saturated rings. The van der Waals surface area contributed by atoms with Gasteiger partial charge in [-0.1, -0.05) is 18.2 Å². The third-order valence-corrected chi connectivity index (χ3v) is 2.15. The Bertz CT molecular complexity index is 439. The van der Waals surface area contributed by atoms with Gasteiger partial charge in [-0.25, -0.2) is 4.39 Å². The van der Waals surface area contributed by atoms with Crippen LogP contribution in [0.5, 0.6) is 5.75 Å². The summed E-state index contributed by atoms with van der Waals surface area (Å²) < 4.78 is 18.3. The van der Waals surface area contributed by atoms with Gasteiger partial charge in [0.2, 0.25) is 0 Å². The standard InChI is InChI=1S/C13H12FNO/c14-11-4-2-6-13(8-11)16-9-10-3-1-5-12(15)7-10/h1-8H,9,15H2. The van der Waals surface area contributed by atoms with E-state index >= 15 is 0 Å². The first-order valence-corrected chi connectivity index (χ1v) is 4.97. The van der Waals surface area contributed by atoms with Gasteiger partial charge in [-0.2, -0.15) is 0 Å². The summed E-state index contributed by atoms with van der Waals surface area (Å²) in [6.45, 7) is 0.383. The highest BCUT2D eigenvalue weighted by molar-refractivity contribution is 5.40. The summed E-state index contributed by atoms with van der Waals surface area (Å²) in [7, 11) is 0. The Morgan fingerprint density at radius 3 is 2.62 bits per heavy atom. The highest BCUT2D eigenvalue weighted by atomic mass is 19.1. The molecule has 0 saturated heterocycles. The lowest BCUT2D eigenvalue weighted by atomic mass is 10.2. The van der Waals surface area contributed by atoms with Crippen LogP contribution in [-0.4, -0.2) is 0 Å². The van der Waals surface area contributed by atoms with Crippen molar-refractivity contribution >= 4 is 5.69 Å². The fraction of sp³-hybridized carbons (Fsp3) is 0.0769. The maximum atomic E-state index is 12.9. The van der Waals surface area contributed by atoms with Gasteiger partial charge in [0.05, 0.1) is 0 Å². The molecule has 2 aromatic carbocycles. The van der Waals surface area contributed by atoms with Gasteiger partial charge in [0.1, 0.15) is 18.2 Å². The van der Waals surface area contributed by atoms with E-state index in [-0.39, 0.29) is 5.82 Å². The van der Waals surface area contributed by atoms with Crippen molar-refractivity contribution in [1.82, 2.24) is 0 Å². The zero-order valence-corrected chi connectivity index (χ0v) is 8.69. The lowest BCUT2D eigenvalue weighted by Crippen LogP contribution is -1.96. The first-order chi connectivity index (χ1) is 7.74. The Morgan fingerprint density at radius 1 is 1.06 bits per heavy atom. The van der Waals surface area contributed by atoms with Gasteiger partial charge >= 0.3 is 0 Å². The van der Waals surface area contributed by atoms with Gasteiger partial charge in [0, 0.05) is 11.8 Å². The summed E-state index contributed by atoms with van der Waals surface area (Å²) in [5.74, 6) is 0.215. The van der Waals surface area contributed by atoms with Crippen molar-refractivity contribution in [2.75, 3.05) is 5.73 Å². The first kappa shape index (κ1) is 10.5. The minimum absolute atomic E-state index is 0.301. The van der Waals surface area contributed by atoms with Crippen LogP contribution in [0, 0.1) is 5.82 Å². The number of anilines is 1. The van der Waals surface area contributed by atoms with E-state index < -0.39 is 0 Å². The van der Waals surface area contributed by atoms with E-state index in [4.69, 9.17) is 10.5 Å². The van der Waals surface area contributed by atoms with Gasteiger partial charge in [0.25, 0.3) is 0 Å². The van der Waals surface area contributed by atoms with Crippen LogP contribution in [0.1, 0.15) is 5.56 Å². The van der Waals surface area contributed by atoms with Crippen molar-refractivity contribution in [3.05, 3.63) is 59.9 Å². The van der Waals surface area contributed by atoms with Crippen LogP contribution in [0.3, 0.4) is 0 Å². The fourth-order valence-electron chi connectivity index (χ4n) is 1.41. The zero-order chi connectivity index (χ0) is 11.4. The molecule has 0 aliphatic heterocycles. The van der Waals surface area contributed by atoms with E-state index in [2.05, 4.69) is 0 Å². The second-order valence-electron chi connectivity index (χ2n) is 3.49. The number of nitrogens with two attached hydrogens (primary N) is 1. The van der Waals surface area contributed by atoms with Crippen LogP contribution in [0.25, 0.3) is 0 Å². The van der Waals surface area contributed by atoms with Crippen molar-refractivity contribution in [1.29, 1.82) is 0 Å². The third-order valence-electron chi connectivity index (χ3n) is 2.15. The van der Waals surface area contributed by atoms with Crippen molar-refractivity contribution < 1.29 is 9.13 Å². The number of rotatable bonds is 3. The molecule has 0 aromatic heterocycles. The minimum Gasteiger partial charge on any atom is -0.489 e. The highest BCUT2D eigenvalue weighted by Gasteiger charge is 1.97. The monoisotopic (exact) mass is 217 g/mol. The van der Waals surface area contributed by atoms with Crippen LogP contribution in [0.2, 0.25) is 0 Å². The molecule has 0 heterocycles. The summed E-state index contributed by atoms with van der Waals surface area (Å²) in [4.78, 5) is 0. The fourth-order valence-corrected chi connectivity index (χ4v) is 1.41. The molecule has 3 heteroatoms. The van der Waals surface area contributed by atoms with Crippen LogP contribution < -0.4 is 10.5 Å². The summed E-state index contributed by atoms with van der Waals surface area (Å²) in [5, 5.41) is 0. The lowest BCUT2D eigenvalue weighted by molar-refractivity contribution is 0.304. The van der Waals surface area contributed by atoms with Crippen LogP contribution in [-0.2, 0) is 6.61 Å². The van der Waals surface area contributed by atoms with Crippen molar-refractivity contribution in [2.45, 2.75) is 6.61 Å². The molecule has 82 valence electrons. The van der Waals surface area contributed by atoms with Gasteiger partial charge in [-0.3, -0.25) is 0 Å². The molecule has 16 heavy (non-hydrogen) atoms. The number of ether oxygens (including phenoxy) is 1. The number of nitrogen functional groups attached to an aromatic ring is 1. The first-order valence-electron chi connectivity index (χ1n) is 4.97. The lowest BCUT2D eigenvalue weighted by Gasteiger charge is -2.06. The number of hydrogen-bond donors (Lipinski definition) is 1. The Hall–Kier alpha value is -2.03. The second kappa shape index (κ2) is 4.66. The third kappa shape index (κ3) is 2.73. The van der Waals surface area contributed by atoms with E-state index in [0.717, 1.165) is 5.56 Å². The largest absolute Gasteiger partial charge is 0.489 e. The molecule has 0 bridgehead atoms. The van der Waals surface area contributed by atoms with Gasteiger partial charge in [-0.05, 0) is 29.8 Å². The molecule has 0 unspecified atom stereocenters. The SMILES string of the molecule is Nc1cccc(COc2cccc(F)c2)c1. The molecule has 2 aromatic rings. The Balaban J connectivity index is 2.02. The van der Waals surface area contributed by atoms with Gasteiger partial charge < -0.3 is 10.5 Å². The molecule has 0 amide bonds. The molecule has 2 N–H and O–H groups in total. The molecular formula is C13H12FNO. The average Bonchev–Trinajstić information content (AvgIpc) is 2.27. The van der Waals surface area contributed by atoms with E-state index in [1.165, 1.54) is 12.1 Å². The second-order valence-corrected chi connectivity index (χ2v) is 3.49. The van der Waals surface area contributed by atoms with Gasteiger partial charge in [-0.15, -0.1) is 0 Å². The Kier molecular flexibility index (Phi) is 3.05. The van der Waals surface area contributed by atoms with E-state index in [0.29, 0.717) is 18.0 Å². The molecule has 0 saturated carbocycles. The summed E-state index contributed by atoms with van der Waals surface area (Å²) in [6, 6.07) is 13.5. The van der Waals surface area contributed by atoms with Crippen LogP contribution >= 0.6 is 0 Å². The molecule has 2 nitrogen and oxygen atoms in total. The summed E-state index contributed by atoms with van der Waals surface area (Å²) in [6.07, 6.45) is 0. The molecule has 2 rings (SSSR count). The molecule has 0 radical (unpaired) electrons. The Labute approximate surface area is 93.5 Å². The average molecular weight is 217 g/mol. The molecule has 0 spiro atoms. The van der Waals surface area contributed by atoms with Crippen molar-refractivity contribution in [2.24, 2.45) is 0 Å². The van der Waals surface area contributed by atoms with Crippen molar-refractivity contribution in [3.8, 4) is 5.75 Å². The van der Waals surface area contributed by atoms with Crippen LogP contribution in [0.15, 0.2) is 48.5 Å². The van der Waals surface area contributed by atoms with E-state index in [9.17, 15) is 4.39 Å². The quantitative estimate of drug-likeness (QED) is 0.802. The molecule has 0 aliphatic carbocycles. The number of hydrogen-bond acceptors (Lipinski definition) is 2. The van der Waals surface area contributed by atoms with Crippen LogP contribution in [0.4, 0.5) is 10.1 Å². The normalized spacial score (nSPS) is 10.1. The number of halogens is 1. The maximum Gasteiger partial charge on any atom is 0.126 e. The molecular weight excluding hydrogens is 205 g/mol. The zero-order valence-electron chi connectivity index (χ0n) is 8.69.